The first-order valence-corrected chi connectivity index (χ1v) is 5.89. The quantitative estimate of drug-likeness (QED) is 0.728. The topological polar surface area (TPSA) is 53.8 Å². The van der Waals surface area contributed by atoms with Gasteiger partial charge in [0.25, 0.3) is 0 Å². The summed E-state index contributed by atoms with van der Waals surface area (Å²) in [7, 11) is 1.63. The van der Waals surface area contributed by atoms with Crippen LogP contribution >= 0.6 is 0 Å². The summed E-state index contributed by atoms with van der Waals surface area (Å²) in [5.74, 6) is -0.119. The Morgan fingerprint density at radius 3 is 3.12 bits per heavy atom. The van der Waals surface area contributed by atoms with E-state index < -0.39 is 5.97 Å². The maximum atomic E-state index is 11.0. The molecule has 1 aromatic carbocycles. The molecule has 1 N–H and O–H groups in total. The van der Waals surface area contributed by atoms with Crippen LogP contribution in [0.1, 0.15) is 18.4 Å². The third-order valence-corrected chi connectivity index (χ3v) is 3.33. The minimum absolute atomic E-state index is 0.360. The Bertz CT molecular complexity index is 405. The molecule has 2 rings (SSSR count). The minimum atomic E-state index is -0.930. The van der Waals surface area contributed by atoms with Gasteiger partial charge in [0.05, 0.1) is 19.6 Å². The molecule has 17 heavy (non-hydrogen) atoms. The molecule has 92 valence electrons. The maximum absolute atomic E-state index is 11.0. The highest BCUT2D eigenvalue weighted by atomic mass is 16.5. The van der Waals surface area contributed by atoms with Crippen molar-refractivity contribution >= 4 is 5.97 Å². The van der Waals surface area contributed by atoms with Gasteiger partial charge in [-0.2, -0.15) is 0 Å². The summed E-state index contributed by atoms with van der Waals surface area (Å²) in [6.07, 6.45) is 1.68. The van der Waals surface area contributed by atoms with Gasteiger partial charge in [-0.25, -0.2) is 0 Å². The van der Waals surface area contributed by atoms with Gasteiger partial charge in [0.1, 0.15) is 18.3 Å². The highest BCUT2D eigenvalue weighted by Gasteiger charge is 2.29. The van der Waals surface area contributed by atoms with Crippen molar-refractivity contribution in [2.45, 2.75) is 25.4 Å². The van der Waals surface area contributed by atoms with E-state index in [9.17, 15) is 9.90 Å². The van der Waals surface area contributed by atoms with Crippen molar-refractivity contribution in [3.63, 3.8) is 0 Å². The van der Waals surface area contributed by atoms with Gasteiger partial charge < -0.3 is 19.5 Å². The Morgan fingerprint density at radius 1 is 1.59 bits per heavy atom. The summed E-state index contributed by atoms with van der Waals surface area (Å²) in [4.78, 5) is 12.1. The maximum Gasteiger partial charge on any atom is 0.128 e. The molecule has 0 amide bonds. The number of methoxy groups -OCH3 is 1. The SMILES string of the molecule is COc1cccc(C[NH+]2CCC[C@@H]2C(=O)[O-])c1. The first-order valence-electron chi connectivity index (χ1n) is 5.89. The van der Waals surface area contributed by atoms with E-state index in [4.69, 9.17) is 4.74 Å². The molecule has 1 fully saturated rings. The molecule has 0 aliphatic carbocycles. The Hall–Kier alpha value is -1.55. The summed E-state index contributed by atoms with van der Waals surface area (Å²) < 4.78 is 5.16. The lowest BCUT2D eigenvalue weighted by Gasteiger charge is -2.22. The van der Waals surface area contributed by atoms with Crippen molar-refractivity contribution in [1.82, 2.24) is 0 Å². The van der Waals surface area contributed by atoms with Gasteiger partial charge in [0.2, 0.25) is 0 Å². The Morgan fingerprint density at radius 2 is 2.41 bits per heavy atom. The number of hydrogen-bond donors (Lipinski definition) is 1. The molecular formula is C13H17NO3. The van der Waals surface area contributed by atoms with E-state index >= 15 is 0 Å². The van der Waals surface area contributed by atoms with Crippen LogP contribution in [0.4, 0.5) is 0 Å². The number of carboxylic acids is 1. The number of nitrogens with one attached hydrogen (secondary N) is 1. The first-order chi connectivity index (χ1) is 8.20. The average molecular weight is 235 g/mol. The zero-order chi connectivity index (χ0) is 12.3. The summed E-state index contributed by atoms with van der Waals surface area (Å²) in [5.41, 5.74) is 1.10. The van der Waals surface area contributed by atoms with Crippen LogP contribution in [0.3, 0.4) is 0 Å². The van der Waals surface area contributed by atoms with Crippen molar-refractivity contribution < 1.29 is 19.5 Å². The average Bonchev–Trinajstić information content (AvgIpc) is 2.77. The van der Waals surface area contributed by atoms with Gasteiger partial charge in [0.15, 0.2) is 0 Å². The van der Waals surface area contributed by atoms with Crippen LogP contribution < -0.4 is 14.7 Å². The van der Waals surface area contributed by atoms with Gasteiger partial charge in [-0.3, -0.25) is 0 Å². The van der Waals surface area contributed by atoms with Crippen molar-refractivity contribution in [2.75, 3.05) is 13.7 Å². The van der Waals surface area contributed by atoms with Crippen LogP contribution in [0.25, 0.3) is 0 Å². The number of rotatable bonds is 4. The van der Waals surface area contributed by atoms with Gasteiger partial charge >= 0.3 is 0 Å². The smallest absolute Gasteiger partial charge is 0.128 e. The number of aliphatic carboxylic acids is 1. The fourth-order valence-electron chi connectivity index (χ4n) is 2.45. The van der Waals surface area contributed by atoms with Crippen molar-refractivity contribution in [1.29, 1.82) is 0 Å². The summed E-state index contributed by atoms with van der Waals surface area (Å²) in [5, 5.41) is 11.0. The number of likely N-dealkylation sites (tertiary alicyclic amines) is 1. The van der Waals surface area contributed by atoms with Crippen molar-refractivity contribution in [2.24, 2.45) is 0 Å². The minimum Gasteiger partial charge on any atom is -0.544 e. The van der Waals surface area contributed by atoms with E-state index in [0.29, 0.717) is 0 Å². The zero-order valence-corrected chi connectivity index (χ0v) is 9.94. The predicted octanol–water partition coefficient (Wildman–Crippen LogP) is -1.01. The molecule has 1 aromatic rings. The lowest BCUT2D eigenvalue weighted by molar-refractivity contribution is -0.919. The number of carbonyl (C=O) groups excluding carboxylic acids is 1. The third kappa shape index (κ3) is 2.77. The van der Waals surface area contributed by atoms with Gasteiger partial charge in [-0.15, -0.1) is 0 Å². The molecule has 1 aliphatic rings. The molecule has 1 unspecified atom stereocenters. The second kappa shape index (κ2) is 5.19. The number of benzene rings is 1. The van der Waals surface area contributed by atoms with Crippen molar-refractivity contribution in [3.05, 3.63) is 29.8 Å². The highest BCUT2D eigenvalue weighted by Crippen LogP contribution is 2.12. The van der Waals surface area contributed by atoms with Gasteiger partial charge in [-0.1, -0.05) is 12.1 Å². The fourth-order valence-corrected chi connectivity index (χ4v) is 2.45. The monoisotopic (exact) mass is 235 g/mol. The second-order valence-corrected chi connectivity index (χ2v) is 4.45. The van der Waals surface area contributed by atoms with E-state index in [2.05, 4.69) is 0 Å². The second-order valence-electron chi connectivity index (χ2n) is 4.45. The molecule has 1 heterocycles. The van der Waals surface area contributed by atoms with E-state index in [-0.39, 0.29) is 6.04 Å². The lowest BCUT2D eigenvalue weighted by atomic mass is 10.2. The number of ether oxygens (including phenoxy) is 1. The van der Waals surface area contributed by atoms with Gasteiger partial charge in [0, 0.05) is 18.4 Å². The predicted molar refractivity (Wildman–Crippen MR) is 60.6 cm³/mol. The molecule has 2 atom stereocenters. The van der Waals surface area contributed by atoms with E-state index in [1.807, 2.05) is 24.3 Å². The van der Waals surface area contributed by atoms with Crippen LogP contribution in [0.2, 0.25) is 0 Å². The summed E-state index contributed by atoms with van der Waals surface area (Å²) in [6, 6.07) is 7.41. The fraction of sp³-hybridized carbons (Fsp3) is 0.462. The van der Waals surface area contributed by atoms with Crippen LogP contribution in [0.15, 0.2) is 24.3 Å². The molecule has 4 heteroatoms. The number of carboxylic acid groups (broad SMARTS) is 1. The lowest BCUT2D eigenvalue weighted by Crippen LogP contribution is -3.14. The zero-order valence-electron chi connectivity index (χ0n) is 9.94. The Labute approximate surface area is 101 Å². The van der Waals surface area contributed by atoms with Crippen molar-refractivity contribution in [3.8, 4) is 5.75 Å². The molecule has 0 radical (unpaired) electrons. The largest absolute Gasteiger partial charge is 0.544 e. The van der Waals surface area contributed by atoms with Crippen LogP contribution in [0, 0.1) is 0 Å². The van der Waals surface area contributed by atoms with E-state index in [1.165, 1.54) is 0 Å². The van der Waals surface area contributed by atoms with Gasteiger partial charge in [-0.05, 0) is 12.1 Å². The number of hydrogen-bond acceptors (Lipinski definition) is 3. The Balaban J connectivity index is 2.06. The summed E-state index contributed by atoms with van der Waals surface area (Å²) in [6.45, 7) is 1.62. The summed E-state index contributed by atoms with van der Waals surface area (Å²) >= 11 is 0. The molecule has 0 spiro atoms. The highest BCUT2D eigenvalue weighted by molar-refractivity contribution is 5.69. The molecule has 1 aliphatic heterocycles. The third-order valence-electron chi connectivity index (χ3n) is 3.33. The van der Waals surface area contributed by atoms with E-state index in [0.717, 1.165) is 42.1 Å². The molecular weight excluding hydrogens is 218 g/mol. The Kier molecular flexibility index (Phi) is 3.64. The van der Waals surface area contributed by atoms with Crippen LogP contribution in [-0.4, -0.2) is 25.7 Å². The standard InChI is InChI=1S/C13H17NO3/c1-17-11-5-2-4-10(8-11)9-14-7-3-6-12(14)13(15)16/h2,4-5,8,12H,3,6-7,9H2,1H3,(H,15,16)/t12-/m1/s1. The molecule has 0 aromatic heterocycles. The van der Waals surface area contributed by atoms with Crippen LogP contribution in [0.5, 0.6) is 5.75 Å². The number of quaternary nitrogens is 1. The molecule has 0 saturated carbocycles. The first kappa shape index (κ1) is 11.9. The normalized spacial score (nSPS) is 23.6. The molecule has 0 bridgehead atoms. The number of carbonyl (C=O) groups is 1. The van der Waals surface area contributed by atoms with E-state index in [1.54, 1.807) is 7.11 Å². The van der Waals surface area contributed by atoms with Crippen LogP contribution in [-0.2, 0) is 11.3 Å². The molecule has 4 nitrogen and oxygen atoms in total. The molecule has 1 saturated heterocycles.